The van der Waals surface area contributed by atoms with E-state index in [0.717, 1.165) is 32.1 Å². The fraction of sp³-hybridized carbons (Fsp3) is 0.933. The maximum absolute atomic E-state index is 12.0. The molecule has 4 heteroatoms. The molecule has 1 saturated heterocycles. The summed E-state index contributed by atoms with van der Waals surface area (Å²) < 4.78 is 11.2. The number of hydrogen-bond acceptors (Lipinski definition) is 4. The molecule has 4 unspecified atom stereocenters. The second-order valence-corrected chi connectivity index (χ2v) is 6.10. The standard InChI is InChI=1S/C15H29NO3/c1-10(6-5-7-11(2)16)15(17)19-14-8-12(3)18-13(4)9-14/h10-14H,5-9,16H2,1-4H3. The second-order valence-electron chi connectivity index (χ2n) is 6.10. The molecule has 4 atom stereocenters. The summed E-state index contributed by atoms with van der Waals surface area (Å²) >= 11 is 0. The first kappa shape index (κ1) is 16.4. The molecule has 1 aliphatic heterocycles. The lowest BCUT2D eigenvalue weighted by Crippen LogP contribution is -2.36. The first-order chi connectivity index (χ1) is 8.88. The van der Waals surface area contributed by atoms with E-state index >= 15 is 0 Å². The Morgan fingerprint density at radius 3 is 2.37 bits per heavy atom. The molecule has 0 radical (unpaired) electrons. The normalized spacial score (nSPS) is 30.7. The van der Waals surface area contributed by atoms with Crippen molar-refractivity contribution in [3.05, 3.63) is 0 Å². The number of ether oxygens (including phenoxy) is 2. The largest absolute Gasteiger partial charge is 0.462 e. The van der Waals surface area contributed by atoms with E-state index in [1.165, 1.54) is 0 Å². The maximum Gasteiger partial charge on any atom is 0.308 e. The number of carbonyl (C=O) groups is 1. The van der Waals surface area contributed by atoms with Crippen LogP contribution in [0.25, 0.3) is 0 Å². The van der Waals surface area contributed by atoms with Crippen molar-refractivity contribution in [2.75, 3.05) is 0 Å². The Balaban J connectivity index is 2.29. The highest BCUT2D eigenvalue weighted by molar-refractivity contribution is 5.72. The molecule has 0 aliphatic carbocycles. The predicted molar refractivity (Wildman–Crippen MR) is 75.8 cm³/mol. The summed E-state index contributed by atoms with van der Waals surface area (Å²) in [5, 5.41) is 0. The highest BCUT2D eigenvalue weighted by atomic mass is 16.6. The van der Waals surface area contributed by atoms with E-state index in [9.17, 15) is 4.79 Å². The van der Waals surface area contributed by atoms with Crippen molar-refractivity contribution in [2.24, 2.45) is 11.7 Å². The van der Waals surface area contributed by atoms with E-state index in [1.807, 2.05) is 27.7 Å². The quantitative estimate of drug-likeness (QED) is 0.754. The van der Waals surface area contributed by atoms with E-state index < -0.39 is 0 Å². The van der Waals surface area contributed by atoms with Gasteiger partial charge in [0.25, 0.3) is 0 Å². The van der Waals surface area contributed by atoms with Crippen LogP contribution in [-0.2, 0) is 14.3 Å². The number of hydrogen-bond donors (Lipinski definition) is 1. The molecule has 0 bridgehead atoms. The van der Waals surface area contributed by atoms with Crippen LogP contribution in [0, 0.1) is 5.92 Å². The molecule has 1 fully saturated rings. The molecule has 1 rings (SSSR count). The summed E-state index contributed by atoms with van der Waals surface area (Å²) in [4.78, 5) is 12.0. The summed E-state index contributed by atoms with van der Waals surface area (Å²) in [5.74, 6) is -0.108. The van der Waals surface area contributed by atoms with Gasteiger partial charge in [-0.15, -0.1) is 0 Å². The van der Waals surface area contributed by atoms with Crippen LogP contribution in [0.2, 0.25) is 0 Å². The van der Waals surface area contributed by atoms with E-state index in [4.69, 9.17) is 15.2 Å². The van der Waals surface area contributed by atoms with E-state index in [-0.39, 0.29) is 36.2 Å². The van der Waals surface area contributed by atoms with Crippen LogP contribution in [0.15, 0.2) is 0 Å². The first-order valence-electron chi connectivity index (χ1n) is 7.50. The Hall–Kier alpha value is -0.610. The number of rotatable bonds is 6. The lowest BCUT2D eigenvalue weighted by atomic mass is 10.0. The topological polar surface area (TPSA) is 61.6 Å². The van der Waals surface area contributed by atoms with Crippen LogP contribution in [0.1, 0.15) is 59.8 Å². The Morgan fingerprint density at radius 2 is 1.84 bits per heavy atom. The lowest BCUT2D eigenvalue weighted by molar-refractivity contribution is -0.164. The summed E-state index contributed by atoms with van der Waals surface area (Å²) in [6.07, 6.45) is 4.78. The molecule has 0 aromatic carbocycles. The fourth-order valence-corrected chi connectivity index (χ4v) is 2.58. The van der Waals surface area contributed by atoms with Crippen LogP contribution in [-0.4, -0.2) is 30.3 Å². The molecule has 0 saturated carbocycles. The number of carbonyl (C=O) groups excluding carboxylic acids is 1. The zero-order valence-electron chi connectivity index (χ0n) is 12.7. The van der Waals surface area contributed by atoms with Gasteiger partial charge < -0.3 is 15.2 Å². The molecule has 19 heavy (non-hydrogen) atoms. The molecule has 4 nitrogen and oxygen atoms in total. The van der Waals surface area contributed by atoms with Gasteiger partial charge >= 0.3 is 5.97 Å². The third-order valence-electron chi connectivity index (χ3n) is 3.64. The van der Waals surface area contributed by atoms with Gasteiger partial charge in [-0.1, -0.05) is 13.3 Å². The highest BCUT2D eigenvalue weighted by Crippen LogP contribution is 2.23. The summed E-state index contributed by atoms with van der Waals surface area (Å²) in [6, 6.07) is 0.209. The lowest BCUT2D eigenvalue weighted by Gasteiger charge is -2.32. The SMILES string of the molecule is CC(N)CCCC(C)C(=O)OC1CC(C)OC(C)C1. The van der Waals surface area contributed by atoms with E-state index in [1.54, 1.807) is 0 Å². The van der Waals surface area contributed by atoms with E-state index in [2.05, 4.69) is 0 Å². The van der Waals surface area contributed by atoms with Crippen molar-refractivity contribution in [1.29, 1.82) is 0 Å². The van der Waals surface area contributed by atoms with Crippen molar-refractivity contribution in [3.8, 4) is 0 Å². The van der Waals surface area contributed by atoms with Crippen molar-refractivity contribution in [2.45, 2.75) is 84.2 Å². The molecule has 0 amide bonds. The number of esters is 1. The predicted octanol–water partition coefficient (Wildman–Crippen LogP) is 2.64. The third kappa shape index (κ3) is 6.39. The van der Waals surface area contributed by atoms with Crippen LogP contribution in [0.5, 0.6) is 0 Å². The van der Waals surface area contributed by atoms with Gasteiger partial charge in [-0.3, -0.25) is 4.79 Å². The molecule has 1 heterocycles. The monoisotopic (exact) mass is 271 g/mol. The third-order valence-corrected chi connectivity index (χ3v) is 3.64. The minimum Gasteiger partial charge on any atom is -0.462 e. The van der Waals surface area contributed by atoms with Gasteiger partial charge in [0, 0.05) is 18.9 Å². The van der Waals surface area contributed by atoms with Crippen molar-refractivity contribution in [1.82, 2.24) is 0 Å². The van der Waals surface area contributed by atoms with Crippen molar-refractivity contribution < 1.29 is 14.3 Å². The molecular weight excluding hydrogens is 242 g/mol. The van der Waals surface area contributed by atoms with Crippen LogP contribution >= 0.6 is 0 Å². The summed E-state index contributed by atoms with van der Waals surface area (Å²) in [6.45, 7) is 7.99. The van der Waals surface area contributed by atoms with Gasteiger partial charge in [0.05, 0.1) is 18.1 Å². The molecule has 0 spiro atoms. The van der Waals surface area contributed by atoms with Crippen LogP contribution < -0.4 is 5.73 Å². The minimum absolute atomic E-state index is 0.0159. The summed E-state index contributed by atoms with van der Waals surface area (Å²) in [5.41, 5.74) is 5.70. The first-order valence-corrected chi connectivity index (χ1v) is 7.50. The second kappa shape index (κ2) is 7.85. The minimum atomic E-state index is -0.0732. The van der Waals surface area contributed by atoms with E-state index in [0.29, 0.717) is 0 Å². The Labute approximate surface area is 117 Å². The van der Waals surface area contributed by atoms with Crippen LogP contribution in [0.4, 0.5) is 0 Å². The van der Waals surface area contributed by atoms with Gasteiger partial charge in [0.1, 0.15) is 6.10 Å². The van der Waals surface area contributed by atoms with Crippen molar-refractivity contribution >= 4 is 5.97 Å². The van der Waals surface area contributed by atoms with Gasteiger partial charge in [-0.2, -0.15) is 0 Å². The van der Waals surface area contributed by atoms with Gasteiger partial charge in [-0.25, -0.2) is 0 Å². The van der Waals surface area contributed by atoms with Gasteiger partial charge in [0.15, 0.2) is 0 Å². The van der Waals surface area contributed by atoms with Crippen LogP contribution in [0.3, 0.4) is 0 Å². The maximum atomic E-state index is 12.0. The van der Waals surface area contributed by atoms with Crippen molar-refractivity contribution in [3.63, 3.8) is 0 Å². The Bertz CT molecular complexity index is 271. The zero-order valence-corrected chi connectivity index (χ0v) is 12.7. The highest BCUT2D eigenvalue weighted by Gasteiger charge is 2.28. The molecule has 112 valence electrons. The van der Waals surface area contributed by atoms with Gasteiger partial charge in [0.2, 0.25) is 0 Å². The average molecular weight is 271 g/mol. The Morgan fingerprint density at radius 1 is 1.26 bits per heavy atom. The smallest absolute Gasteiger partial charge is 0.308 e. The Kier molecular flexibility index (Phi) is 6.80. The number of nitrogens with two attached hydrogens (primary N) is 1. The fourth-order valence-electron chi connectivity index (χ4n) is 2.58. The molecule has 2 N–H and O–H groups in total. The molecule has 1 aliphatic rings. The van der Waals surface area contributed by atoms with Gasteiger partial charge in [-0.05, 0) is 33.6 Å². The summed E-state index contributed by atoms with van der Waals surface area (Å²) in [7, 11) is 0. The zero-order chi connectivity index (χ0) is 14.4. The molecular formula is C15H29NO3. The molecule has 0 aromatic rings. The average Bonchev–Trinajstić information content (AvgIpc) is 2.26. The molecule has 0 aromatic heterocycles.